The molecule has 0 spiro atoms. The summed E-state index contributed by atoms with van der Waals surface area (Å²) in [7, 11) is -3.81. The molecule has 104 valence electrons. The van der Waals surface area contributed by atoms with Crippen molar-refractivity contribution < 1.29 is 8.42 Å². The Morgan fingerprint density at radius 3 is 2.35 bits per heavy atom. The Morgan fingerprint density at radius 2 is 1.70 bits per heavy atom. The number of nitrogens with two attached hydrogens (primary N) is 1. The Morgan fingerprint density at radius 1 is 1.10 bits per heavy atom. The molecule has 0 bridgehead atoms. The van der Waals surface area contributed by atoms with Gasteiger partial charge in [0, 0.05) is 5.56 Å². The van der Waals surface area contributed by atoms with E-state index in [1.165, 1.54) is 6.07 Å². The van der Waals surface area contributed by atoms with Crippen LogP contribution < -0.4 is 10.5 Å². The highest BCUT2D eigenvalue weighted by Gasteiger charge is 2.20. The van der Waals surface area contributed by atoms with Crippen LogP contribution in [0.5, 0.6) is 0 Å². The van der Waals surface area contributed by atoms with Gasteiger partial charge in [0.05, 0.1) is 15.6 Å². The van der Waals surface area contributed by atoms with Gasteiger partial charge < -0.3 is 5.73 Å². The summed E-state index contributed by atoms with van der Waals surface area (Å²) < 4.78 is 27.2. The molecule has 2 aromatic carbocycles. The molecule has 7 heteroatoms. The molecule has 20 heavy (non-hydrogen) atoms. The first-order valence-electron chi connectivity index (χ1n) is 5.58. The van der Waals surface area contributed by atoms with Crippen LogP contribution in [0.15, 0.2) is 53.4 Å². The monoisotopic (exact) mass is 326 g/mol. The number of benzene rings is 2. The first-order chi connectivity index (χ1) is 9.42. The van der Waals surface area contributed by atoms with E-state index < -0.39 is 10.0 Å². The maximum atomic E-state index is 12.4. The SMILES string of the molecule is NC(=S)c1ccccc1S(=O)(=O)Nc1ccccc1Cl. The van der Waals surface area contributed by atoms with E-state index in [4.69, 9.17) is 29.6 Å². The van der Waals surface area contributed by atoms with E-state index >= 15 is 0 Å². The number of sulfonamides is 1. The molecular weight excluding hydrogens is 316 g/mol. The molecule has 0 aliphatic rings. The second kappa shape index (κ2) is 5.78. The van der Waals surface area contributed by atoms with Gasteiger partial charge in [0.1, 0.15) is 4.99 Å². The Hall–Kier alpha value is -1.63. The highest BCUT2D eigenvalue weighted by Crippen LogP contribution is 2.25. The van der Waals surface area contributed by atoms with E-state index in [9.17, 15) is 8.42 Å². The van der Waals surface area contributed by atoms with Crippen LogP contribution in [0, 0.1) is 0 Å². The summed E-state index contributed by atoms with van der Waals surface area (Å²) in [6.07, 6.45) is 0. The molecule has 0 atom stereocenters. The van der Waals surface area contributed by atoms with Crippen molar-refractivity contribution in [1.29, 1.82) is 0 Å². The summed E-state index contributed by atoms with van der Waals surface area (Å²) in [5.74, 6) is 0. The number of anilines is 1. The molecule has 0 aliphatic heterocycles. The summed E-state index contributed by atoms with van der Waals surface area (Å²) in [5, 5.41) is 0.309. The van der Waals surface area contributed by atoms with Crippen molar-refractivity contribution in [3.8, 4) is 0 Å². The molecule has 2 aromatic rings. The first kappa shape index (κ1) is 14.8. The van der Waals surface area contributed by atoms with E-state index in [1.807, 2.05) is 0 Å². The highest BCUT2D eigenvalue weighted by atomic mass is 35.5. The summed E-state index contributed by atoms with van der Waals surface area (Å²) in [6, 6.07) is 12.8. The standard InChI is InChI=1S/C13H11ClN2O2S2/c14-10-6-2-3-7-11(10)16-20(17,18)12-8-4-1-5-9(12)13(15)19/h1-8,16H,(H2,15,19). The number of para-hydroxylation sites is 1. The zero-order valence-corrected chi connectivity index (χ0v) is 12.6. The van der Waals surface area contributed by atoms with Crippen LogP contribution in [0.3, 0.4) is 0 Å². The summed E-state index contributed by atoms with van der Waals surface area (Å²) in [6.45, 7) is 0. The average Bonchev–Trinajstić information content (AvgIpc) is 2.41. The molecule has 0 saturated carbocycles. The predicted octanol–water partition coefficient (Wildman–Crippen LogP) is 2.78. The molecule has 0 unspecified atom stereocenters. The Balaban J connectivity index is 2.47. The van der Waals surface area contributed by atoms with Crippen LogP contribution in [0.1, 0.15) is 5.56 Å². The zero-order valence-electron chi connectivity index (χ0n) is 10.2. The second-order valence-electron chi connectivity index (χ2n) is 3.95. The van der Waals surface area contributed by atoms with E-state index in [0.717, 1.165) is 0 Å². The lowest BCUT2D eigenvalue weighted by atomic mass is 10.2. The summed E-state index contributed by atoms with van der Waals surface area (Å²) in [4.78, 5) is 0.0394. The van der Waals surface area contributed by atoms with Crippen LogP contribution in [0.4, 0.5) is 5.69 Å². The van der Waals surface area contributed by atoms with Gasteiger partial charge in [-0.15, -0.1) is 0 Å². The fourth-order valence-corrected chi connectivity index (χ4v) is 3.43. The third kappa shape index (κ3) is 3.09. The molecule has 0 aliphatic carbocycles. The average molecular weight is 327 g/mol. The molecule has 4 nitrogen and oxygen atoms in total. The molecule has 0 aromatic heterocycles. The number of rotatable bonds is 4. The molecule has 0 saturated heterocycles. The number of halogens is 1. The Labute approximate surface area is 127 Å². The zero-order chi connectivity index (χ0) is 14.8. The molecule has 0 amide bonds. The van der Waals surface area contributed by atoms with Gasteiger partial charge in [0.25, 0.3) is 10.0 Å². The smallest absolute Gasteiger partial charge is 0.262 e. The van der Waals surface area contributed by atoms with E-state index in [-0.39, 0.29) is 9.88 Å². The van der Waals surface area contributed by atoms with Crippen molar-refractivity contribution in [3.05, 3.63) is 59.1 Å². The van der Waals surface area contributed by atoms with Crippen molar-refractivity contribution in [2.75, 3.05) is 4.72 Å². The van der Waals surface area contributed by atoms with Crippen LogP contribution >= 0.6 is 23.8 Å². The number of hydrogen-bond acceptors (Lipinski definition) is 3. The number of nitrogens with one attached hydrogen (secondary N) is 1. The highest BCUT2D eigenvalue weighted by molar-refractivity contribution is 7.93. The normalized spacial score (nSPS) is 11.1. The maximum Gasteiger partial charge on any atom is 0.262 e. The topological polar surface area (TPSA) is 72.2 Å². The molecule has 0 radical (unpaired) electrons. The van der Waals surface area contributed by atoms with Crippen LogP contribution in [0.2, 0.25) is 5.02 Å². The van der Waals surface area contributed by atoms with Gasteiger partial charge in [-0.3, -0.25) is 4.72 Å². The van der Waals surface area contributed by atoms with Crippen molar-refractivity contribution in [2.24, 2.45) is 5.73 Å². The molecule has 0 fully saturated rings. The van der Waals surface area contributed by atoms with Gasteiger partial charge in [-0.05, 0) is 18.2 Å². The van der Waals surface area contributed by atoms with E-state index in [0.29, 0.717) is 16.3 Å². The molecule has 0 heterocycles. The van der Waals surface area contributed by atoms with Gasteiger partial charge in [0.15, 0.2) is 0 Å². The Kier molecular flexibility index (Phi) is 4.27. The minimum Gasteiger partial charge on any atom is -0.389 e. The Bertz CT molecular complexity index is 760. The third-order valence-corrected chi connectivity index (χ3v) is 4.53. The lowest BCUT2D eigenvalue weighted by molar-refractivity contribution is 0.601. The number of thiocarbonyl (C=S) groups is 1. The molecule has 2 rings (SSSR count). The third-order valence-electron chi connectivity index (χ3n) is 2.56. The van der Waals surface area contributed by atoms with Gasteiger partial charge in [0.2, 0.25) is 0 Å². The summed E-state index contributed by atoms with van der Waals surface area (Å²) in [5.41, 5.74) is 6.14. The van der Waals surface area contributed by atoms with Crippen molar-refractivity contribution in [1.82, 2.24) is 0 Å². The van der Waals surface area contributed by atoms with Crippen molar-refractivity contribution in [3.63, 3.8) is 0 Å². The van der Waals surface area contributed by atoms with Crippen molar-refractivity contribution >= 4 is 44.5 Å². The predicted molar refractivity (Wildman–Crippen MR) is 84.6 cm³/mol. The number of hydrogen-bond donors (Lipinski definition) is 2. The molecular formula is C13H11ClN2O2S2. The van der Waals surface area contributed by atoms with Gasteiger partial charge >= 0.3 is 0 Å². The quantitative estimate of drug-likeness (QED) is 0.847. The maximum absolute atomic E-state index is 12.4. The van der Waals surface area contributed by atoms with Gasteiger partial charge in [-0.2, -0.15) is 0 Å². The fourth-order valence-electron chi connectivity index (χ4n) is 1.65. The van der Waals surface area contributed by atoms with Crippen LogP contribution in [-0.2, 0) is 10.0 Å². The largest absolute Gasteiger partial charge is 0.389 e. The van der Waals surface area contributed by atoms with Gasteiger partial charge in [-0.1, -0.05) is 54.2 Å². The van der Waals surface area contributed by atoms with Crippen molar-refractivity contribution in [2.45, 2.75) is 4.90 Å². The lowest BCUT2D eigenvalue weighted by Crippen LogP contribution is -2.19. The minimum absolute atomic E-state index is 0.0186. The molecule has 3 N–H and O–H groups in total. The van der Waals surface area contributed by atoms with E-state index in [2.05, 4.69) is 4.72 Å². The minimum atomic E-state index is -3.81. The van der Waals surface area contributed by atoms with Gasteiger partial charge in [-0.25, -0.2) is 8.42 Å². The first-order valence-corrected chi connectivity index (χ1v) is 7.85. The fraction of sp³-hybridized carbons (Fsp3) is 0. The second-order valence-corrected chi connectivity index (χ2v) is 6.44. The summed E-state index contributed by atoms with van der Waals surface area (Å²) >= 11 is 10.8. The van der Waals surface area contributed by atoms with Crippen LogP contribution in [-0.4, -0.2) is 13.4 Å². The van der Waals surface area contributed by atoms with Crippen LogP contribution in [0.25, 0.3) is 0 Å². The van der Waals surface area contributed by atoms with E-state index in [1.54, 1.807) is 42.5 Å². The lowest BCUT2D eigenvalue weighted by Gasteiger charge is -2.12.